The van der Waals surface area contributed by atoms with Gasteiger partial charge in [0.15, 0.2) is 0 Å². The van der Waals surface area contributed by atoms with Crippen LogP contribution in [0.15, 0.2) is 91.0 Å². The average Bonchev–Trinajstić information content (AvgIpc) is 3.33. The molecule has 0 amide bonds. The van der Waals surface area contributed by atoms with Gasteiger partial charge >= 0.3 is 5.97 Å². The molecule has 1 heterocycles. The van der Waals surface area contributed by atoms with Crippen LogP contribution < -0.4 is 0 Å². The van der Waals surface area contributed by atoms with E-state index in [1.54, 1.807) is 24.3 Å². The number of rotatable bonds is 7. The first-order valence-electron chi connectivity index (χ1n) is 10.5. The minimum absolute atomic E-state index is 0.448. The van der Waals surface area contributed by atoms with Crippen LogP contribution in [0.25, 0.3) is 0 Å². The van der Waals surface area contributed by atoms with Gasteiger partial charge in [0, 0.05) is 6.54 Å². The molecule has 30 heavy (non-hydrogen) atoms. The summed E-state index contributed by atoms with van der Waals surface area (Å²) in [5.41, 5.74) is 0.0465. The Bertz CT molecular complexity index is 898. The third-order valence-electron chi connectivity index (χ3n) is 5.72. The molecule has 1 fully saturated rings. The van der Waals surface area contributed by atoms with Gasteiger partial charge in [0.1, 0.15) is 6.10 Å². The topological polar surface area (TPSA) is 49.8 Å². The number of benzene rings is 3. The van der Waals surface area contributed by atoms with Crippen molar-refractivity contribution >= 4 is 5.97 Å². The second-order valence-electron chi connectivity index (χ2n) is 7.75. The zero-order valence-corrected chi connectivity index (χ0v) is 17.0. The van der Waals surface area contributed by atoms with E-state index >= 15 is 0 Å². The van der Waals surface area contributed by atoms with Gasteiger partial charge in [-0.3, -0.25) is 4.90 Å². The molecule has 3 aromatic carbocycles. The summed E-state index contributed by atoms with van der Waals surface area (Å²) in [5, 5.41) is 11.7. The fourth-order valence-electron chi connectivity index (χ4n) is 4.05. The number of ether oxygens (including phenoxy) is 1. The lowest BCUT2D eigenvalue weighted by Gasteiger charge is -2.31. The SMILES string of the molecule is O=C(OC(CN1CCCC1)c1ccccc1)C(O)(c1ccccc1)c1ccccc1. The lowest BCUT2D eigenvalue weighted by molar-refractivity contribution is -0.169. The molecule has 1 N–H and O–H groups in total. The van der Waals surface area contributed by atoms with Crippen LogP contribution in [0.4, 0.5) is 0 Å². The maximum atomic E-state index is 13.5. The molecule has 4 nitrogen and oxygen atoms in total. The quantitative estimate of drug-likeness (QED) is 0.600. The Labute approximate surface area is 177 Å². The van der Waals surface area contributed by atoms with Crippen molar-refractivity contribution in [2.45, 2.75) is 24.5 Å². The molecule has 1 atom stereocenters. The summed E-state index contributed by atoms with van der Waals surface area (Å²) in [6.45, 7) is 2.63. The van der Waals surface area contributed by atoms with Gasteiger partial charge in [0.05, 0.1) is 0 Å². The van der Waals surface area contributed by atoms with E-state index in [1.165, 1.54) is 0 Å². The van der Waals surface area contributed by atoms with Gasteiger partial charge in [-0.05, 0) is 42.6 Å². The van der Waals surface area contributed by atoms with Gasteiger partial charge in [-0.2, -0.15) is 0 Å². The second-order valence-corrected chi connectivity index (χ2v) is 7.75. The fraction of sp³-hybridized carbons (Fsp3) is 0.269. The Balaban J connectivity index is 1.67. The average molecular weight is 402 g/mol. The number of aliphatic hydroxyl groups is 1. The van der Waals surface area contributed by atoms with Crippen LogP contribution in [-0.2, 0) is 15.1 Å². The first-order chi connectivity index (χ1) is 14.7. The van der Waals surface area contributed by atoms with E-state index in [2.05, 4.69) is 4.90 Å². The van der Waals surface area contributed by atoms with Crippen LogP contribution in [0.1, 0.15) is 35.6 Å². The Morgan fingerprint density at radius 3 is 1.80 bits per heavy atom. The number of carbonyl (C=O) groups is 1. The van der Waals surface area contributed by atoms with E-state index in [4.69, 9.17) is 4.74 Å². The molecule has 3 aromatic rings. The molecule has 4 rings (SSSR count). The molecule has 0 bridgehead atoms. The normalized spacial score (nSPS) is 15.6. The first-order valence-corrected chi connectivity index (χ1v) is 10.5. The van der Waals surface area contributed by atoms with Crippen LogP contribution in [0, 0.1) is 0 Å². The van der Waals surface area contributed by atoms with Gasteiger partial charge in [0.25, 0.3) is 0 Å². The Kier molecular flexibility index (Phi) is 6.26. The van der Waals surface area contributed by atoms with Crippen molar-refractivity contribution in [2.75, 3.05) is 19.6 Å². The molecular formula is C26H27NO3. The monoisotopic (exact) mass is 401 g/mol. The molecule has 1 saturated heterocycles. The molecule has 154 valence electrons. The Morgan fingerprint density at radius 1 is 0.833 bits per heavy atom. The molecule has 1 unspecified atom stereocenters. The number of hydrogen-bond donors (Lipinski definition) is 1. The zero-order chi connectivity index (χ0) is 20.8. The highest BCUT2D eigenvalue weighted by molar-refractivity contribution is 5.85. The molecular weight excluding hydrogens is 374 g/mol. The van der Waals surface area contributed by atoms with E-state index in [1.807, 2.05) is 66.7 Å². The second kappa shape index (κ2) is 9.24. The van der Waals surface area contributed by atoms with Crippen molar-refractivity contribution in [2.24, 2.45) is 0 Å². The standard InChI is InChI=1S/C26H27NO3/c28-25(26(29,22-14-6-2-7-15-22)23-16-8-3-9-17-23)30-24(20-27-18-10-11-19-27)21-12-4-1-5-13-21/h1-9,12-17,24,29H,10-11,18-20H2. The highest BCUT2D eigenvalue weighted by Crippen LogP contribution is 2.33. The number of hydrogen-bond acceptors (Lipinski definition) is 4. The summed E-state index contributed by atoms with van der Waals surface area (Å²) in [4.78, 5) is 15.8. The summed E-state index contributed by atoms with van der Waals surface area (Å²) < 4.78 is 6.04. The summed E-state index contributed by atoms with van der Waals surface area (Å²) in [7, 11) is 0. The van der Waals surface area contributed by atoms with Gasteiger partial charge in [-0.25, -0.2) is 4.79 Å². The Morgan fingerprint density at radius 2 is 1.30 bits per heavy atom. The zero-order valence-electron chi connectivity index (χ0n) is 17.0. The maximum absolute atomic E-state index is 13.5. The smallest absolute Gasteiger partial charge is 0.348 e. The first kappa shape index (κ1) is 20.3. The third kappa shape index (κ3) is 4.30. The third-order valence-corrected chi connectivity index (χ3v) is 5.72. The van der Waals surface area contributed by atoms with E-state index in [-0.39, 0.29) is 0 Å². The van der Waals surface area contributed by atoms with Gasteiger partial charge in [-0.15, -0.1) is 0 Å². The maximum Gasteiger partial charge on any atom is 0.348 e. The van der Waals surface area contributed by atoms with E-state index in [9.17, 15) is 9.90 Å². The number of nitrogens with zero attached hydrogens (tertiary/aromatic N) is 1. The molecule has 0 spiro atoms. The van der Waals surface area contributed by atoms with E-state index in [0.29, 0.717) is 17.7 Å². The Hall–Kier alpha value is -2.95. The lowest BCUT2D eigenvalue weighted by atomic mass is 9.86. The number of esters is 1. The molecule has 0 aromatic heterocycles. The predicted molar refractivity (Wildman–Crippen MR) is 117 cm³/mol. The van der Waals surface area contributed by atoms with Crippen LogP contribution in [0.2, 0.25) is 0 Å². The highest BCUT2D eigenvalue weighted by Gasteiger charge is 2.43. The van der Waals surface area contributed by atoms with Crippen molar-refractivity contribution in [3.8, 4) is 0 Å². The van der Waals surface area contributed by atoms with Crippen molar-refractivity contribution in [1.29, 1.82) is 0 Å². The van der Waals surface area contributed by atoms with Crippen molar-refractivity contribution in [3.63, 3.8) is 0 Å². The largest absolute Gasteiger partial charge is 0.453 e. The van der Waals surface area contributed by atoms with Crippen LogP contribution in [-0.4, -0.2) is 35.6 Å². The molecule has 0 aliphatic carbocycles. The van der Waals surface area contributed by atoms with Gasteiger partial charge in [-0.1, -0.05) is 91.0 Å². The van der Waals surface area contributed by atoms with Crippen molar-refractivity contribution < 1.29 is 14.6 Å². The number of carbonyl (C=O) groups excluding carboxylic acids is 1. The van der Waals surface area contributed by atoms with Crippen LogP contribution >= 0.6 is 0 Å². The van der Waals surface area contributed by atoms with E-state index in [0.717, 1.165) is 31.5 Å². The van der Waals surface area contributed by atoms with Gasteiger partial charge in [0.2, 0.25) is 5.60 Å². The molecule has 1 aliphatic rings. The molecule has 0 radical (unpaired) electrons. The summed E-state index contributed by atoms with van der Waals surface area (Å²) in [6, 6.07) is 27.8. The highest BCUT2D eigenvalue weighted by atomic mass is 16.6. The number of likely N-dealkylation sites (tertiary alicyclic amines) is 1. The van der Waals surface area contributed by atoms with Crippen molar-refractivity contribution in [3.05, 3.63) is 108 Å². The van der Waals surface area contributed by atoms with E-state index < -0.39 is 17.7 Å². The molecule has 1 aliphatic heterocycles. The van der Waals surface area contributed by atoms with Crippen LogP contribution in [0.5, 0.6) is 0 Å². The molecule has 4 heteroatoms. The summed E-state index contributed by atoms with van der Waals surface area (Å²) in [6.07, 6.45) is 1.87. The van der Waals surface area contributed by atoms with Crippen molar-refractivity contribution in [1.82, 2.24) is 4.90 Å². The minimum Gasteiger partial charge on any atom is -0.453 e. The minimum atomic E-state index is -1.87. The lowest BCUT2D eigenvalue weighted by Crippen LogP contribution is -2.40. The summed E-state index contributed by atoms with van der Waals surface area (Å²) >= 11 is 0. The molecule has 0 saturated carbocycles. The summed E-state index contributed by atoms with van der Waals surface area (Å²) in [5.74, 6) is -0.659. The van der Waals surface area contributed by atoms with Gasteiger partial charge < -0.3 is 9.84 Å². The predicted octanol–water partition coefficient (Wildman–Crippen LogP) is 4.30. The van der Waals surface area contributed by atoms with Crippen LogP contribution in [0.3, 0.4) is 0 Å². The fourth-order valence-corrected chi connectivity index (χ4v) is 4.05.